The number of alkyl halides is 3. The molecule has 1 spiro atoms. The number of methoxy groups -OCH3 is 1. The molecule has 0 radical (unpaired) electrons. The highest BCUT2D eigenvalue weighted by atomic mass is 19.4. The fraction of sp³-hybridized carbons (Fsp3) is 0.625. The van der Waals surface area contributed by atoms with Gasteiger partial charge < -0.3 is 14.2 Å². The predicted octanol–water partition coefficient (Wildman–Crippen LogP) is 4.11. The second kappa shape index (κ2) is 5.74. The van der Waals surface area contributed by atoms with Crippen molar-refractivity contribution in [1.29, 1.82) is 0 Å². The Morgan fingerprint density at radius 1 is 1.14 bits per heavy atom. The maximum Gasteiger partial charge on any atom is 0.416 e. The molecule has 1 aromatic carbocycles. The molecule has 1 aromatic rings. The Bertz CT molecular complexity index is 526. The number of rotatable bonds is 2. The van der Waals surface area contributed by atoms with Crippen LogP contribution in [0, 0.1) is 0 Å². The molecule has 1 saturated heterocycles. The second-order valence-corrected chi connectivity index (χ2v) is 5.80. The van der Waals surface area contributed by atoms with Crippen LogP contribution in [0.1, 0.15) is 42.7 Å². The molecular weight excluding hydrogens is 297 g/mol. The van der Waals surface area contributed by atoms with Gasteiger partial charge in [0, 0.05) is 18.4 Å². The van der Waals surface area contributed by atoms with Crippen molar-refractivity contribution in [1.82, 2.24) is 0 Å². The summed E-state index contributed by atoms with van der Waals surface area (Å²) < 4.78 is 56.4. The lowest BCUT2D eigenvalue weighted by molar-refractivity contribution is -0.179. The molecule has 1 aliphatic carbocycles. The van der Waals surface area contributed by atoms with Crippen molar-refractivity contribution in [2.45, 2.75) is 43.6 Å². The monoisotopic (exact) mass is 316 g/mol. The van der Waals surface area contributed by atoms with Crippen LogP contribution in [-0.4, -0.2) is 26.1 Å². The number of ether oxygens (including phenoxy) is 3. The third kappa shape index (κ3) is 2.82. The summed E-state index contributed by atoms with van der Waals surface area (Å²) in [6, 6.07) is 4.11. The average Bonchev–Trinajstić information content (AvgIpc) is 2.95. The minimum Gasteiger partial charge on any atom is -0.496 e. The summed E-state index contributed by atoms with van der Waals surface area (Å²) in [4.78, 5) is 0. The van der Waals surface area contributed by atoms with Crippen LogP contribution in [0.2, 0.25) is 0 Å². The molecule has 22 heavy (non-hydrogen) atoms. The Labute approximate surface area is 127 Å². The zero-order valence-electron chi connectivity index (χ0n) is 12.4. The highest BCUT2D eigenvalue weighted by Crippen LogP contribution is 2.48. The Morgan fingerprint density at radius 3 is 2.32 bits per heavy atom. The Kier molecular flexibility index (Phi) is 4.07. The summed E-state index contributed by atoms with van der Waals surface area (Å²) in [6.07, 6.45) is -1.94. The summed E-state index contributed by atoms with van der Waals surface area (Å²) in [5.41, 5.74) is -0.327. The molecule has 122 valence electrons. The molecule has 0 amide bonds. The van der Waals surface area contributed by atoms with Gasteiger partial charge in [-0.2, -0.15) is 13.2 Å². The van der Waals surface area contributed by atoms with Crippen LogP contribution in [0.4, 0.5) is 13.2 Å². The lowest BCUT2D eigenvalue weighted by atomic mass is 9.79. The fourth-order valence-corrected chi connectivity index (χ4v) is 3.52. The zero-order valence-corrected chi connectivity index (χ0v) is 12.4. The number of hydrogen-bond acceptors (Lipinski definition) is 3. The van der Waals surface area contributed by atoms with E-state index in [0.717, 1.165) is 6.07 Å². The molecule has 0 bridgehead atoms. The van der Waals surface area contributed by atoms with Gasteiger partial charge in [0.15, 0.2) is 5.79 Å². The largest absolute Gasteiger partial charge is 0.496 e. The van der Waals surface area contributed by atoms with Crippen molar-refractivity contribution < 1.29 is 27.4 Å². The lowest BCUT2D eigenvalue weighted by Gasteiger charge is -2.36. The summed E-state index contributed by atoms with van der Waals surface area (Å²) in [5.74, 6) is -0.452. The van der Waals surface area contributed by atoms with Gasteiger partial charge in [-0.1, -0.05) is 6.07 Å². The first-order valence-electron chi connectivity index (χ1n) is 7.47. The molecule has 0 aromatic heterocycles. The molecule has 0 N–H and O–H groups in total. The van der Waals surface area contributed by atoms with Gasteiger partial charge in [0.25, 0.3) is 0 Å². The van der Waals surface area contributed by atoms with Crippen molar-refractivity contribution >= 4 is 0 Å². The van der Waals surface area contributed by atoms with Gasteiger partial charge in [0.2, 0.25) is 0 Å². The first-order valence-corrected chi connectivity index (χ1v) is 7.47. The average molecular weight is 316 g/mol. The molecule has 3 rings (SSSR count). The van der Waals surface area contributed by atoms with E-state index in [1.807, 2.05) is 0 Å². The second-order valence-electron chi connectivity index (χ2n) is 5.80. The summed E-state index contributed by atoms with van der Waals surface area (Å²) in [6.45, 7) is 1.13. The van der Waals surface area contributed by atoms with E-state index >= 15 is 0 Å². The molecule has 1 aliphatic heterocycles. The number of benzene rings is 1. The lowest BCUT2D eigenvalue weighted by Crippen LogP contribution is -2.35. The maximum absolute atomic E-state index is 13.3. The Hall–Kier alpha value is -1.27. The molecule has 2 fully saturated rings. The van der Waals surface area contributed by atoms with Gasteiger partial charge in [-0.15, -0.1) is 0 Å². The zero-order chi connectivity index (χ0) is 15.8. The van der Waals surface area contributed by atoms with Crippen LogP contribution in [0.25, 0.3) is 0 Å². The van der Waals surface area contributed by atoms with Crippen molar-refractivity contribution in [3.05, 3.63) is 29.3 Å². The van der Waals surface area contributed by atoms with Crippen molar-refractivity contribution in [3.63, 3.8) is 0 Å². The molecule has 1 heterocycles. The van der Waals surface area contributed by atoms with E-state index < -0.39 is 17.5 Å². The van der Waals surface area contributed by atoms with Crippen LogP contribution in [0.15, 0.2) is 18.2 Å². The van der Waals surface area contributed by atoms with Crippen molar-refractivity contribution in [2.75, 3.05) is 20.3 Å². The van der Waals surface area contributed by atoms with E-state index in [1.165, 1.54) is 13.2 Å². The third-order valence-electron chi connectivity index (χ3n) is 4.56. The van der Waals surface area contributed by atoms with Crippen LogP contribution in [-0.2, 0) is 15.7 Å². The van der Waals surface area contributed by atoms with E-state index in [4.69, 9.17) is 14.2 Å². The molecule has 6 heteroatoms. The SMILES string of the molecule is COc1cccc(C(F)(F)F)c1C1CCC2(CC1)OCCO2. The van der Waals surface area contributed by atoms with Gasteiger partial charge >= 0.3 is 6.18 Å². The number of hydrogen-bond donors (Lipinski definition) is 0. The van der Waals surface area contributed by atoms with Crippen LogP contribution < -0.4 is 4.74 Å². The molecule has 2 aliphatic rings. The maximum atomic E-state index is 13.3. The molecule has 3 nitrogen and oxygen atoms in total. The van der Waals surface area contributed by atoms with E-state index in [2.05, 4.69) is 0 Å². The molecule has 0 atom stereocenters. The molecule has 0 unspecified atom stereocenters. The Balaban J connectivity index is 1.88. The fourth-order valence-electron chi connectivity index (χ4n) is 3.52. The van der Waals surface area contributed by atoms with Gasteiger partial charge in [0.05, 0.1) is 25.9 Å². The smallest absolute Gasteiger partial charge is 0.416 e. The third-order valence-corrected chi connectivity index (χ3v) is 4.56. The van der Waals surface area contributed by atoms with Crippen LogP contribution in [0.5, 0.6) is 5.75 Å². The summed E-state index contributed by atoms with van der Waals surface area (Å²) in [5, 5.41) is 0. The minimum atomic E-state index is -4.38. The normalized spacial score (nSPS) is 22.2. The van der Waals surface area contributed by atoms with Crippen molar-refractivity contribution in [3.8, 4) is 5.75 Å². The quantitative estimate of drug-likeness (QED) is 0.821. The topological polar surface area (TPSA) is 27.7 Å². The van der Waals surface area contributed by atoms with Gasteiger partial charge in [-0.3, -0.25) is 0 Å². The summed E-state index contributed by atoms with van der Waals surface area (Å²) >= 11 is 0. The Morgan fingerprint density at radius 2 is 1.77 bits per heavy atom. The predicted molar refractivity (Wildman–Crippen MR) is 73.8 cm³/mol. The standard InChI is InChI=1S/C16H19F3O3/c1-20-13-4-2-3-12(16(17,18)19)14(13)11-5-7-15(8-6-11)21-9-10-22-15/h2-4,11H,5-10H2,1H3. The highest BCUT2D eigenvalue weighted by molar-refractivity contribution is 5.44. The first kappa shape index (κ1) is 15.6. The van der Waals surface area contributed by atoms with Gasteiger partial charge in [0.1, 0.15) is 5.75 Å². The van der Waals surface area contributed by atoms with E-state index in [9.17, 15) is 13.2 Å². The van der Waals surface area contributed by atoms with Crippen LogP contribution in [0.3, 0.4) is 0 Å². The van der Waals surface area contributed by atoms with E-state index in [0.29, 0.717) is 44.6 Å². The van der Waals surface area contributed by atoms with Gasteiger partial charge in [-0.25, -0.2) is 0 Å². The van der Waals surface area contributed by atoms with E-state index in [-0.39, 0.29) is 11.5 Å². The minimum absolute atomic E-state index is 0.189. The highest BCUT2D eigenvalue weighted by Gasteiger charge is 2.43. The molecular formula is C16H19F3O3. The molecule has 1 saturated carbocycles. The van der Waals surface area contributed by atoms with Crippen molar-refractivity contribution in [2.24, 2.45) is 0 Å². The van der Waals surface area contributed by atoms with Gasteiger partial charge in [-0.05, 0) is 30.9 Å². The first-order chi connectivity index (χ1) is 10.5. The number of halogens is 3. The summed E-state index contributed by atoms with van der Waals surface area (Å²) in [7, 11) is 1.41. The van der Waals surface area contributed by atoms with E-state index in [1.54, 1.807) is 6.07 Å². The van der Waals surface area contributed by atoms with Crippen LogP contribution >= 0.6 is 0 Å².